The van der Waals surface area contributed by atoms with Crippen molar-refractivity contribution in [1.29, 1.82) is 0 Å². The molecule has 5 nitrogen and oxygen atoms in total. The van der Waals surface area contributed by atoms with Gasteiger partial charge in [-0.3, -0.25) is 4.90 Å². The Labute approximate surface area is 164 Å². The molecule has 4 rings (SSSR count). The van der Waals surface area contributed by atoms with Crippen LogP contribution in [0.1, 0.15) is 5.56 Å². The van der Waals surface area contributed by atoms with Crippen LogP contribution in [0.4, 0.5) is 16.2 Å². The van der Waals surface area contributed by atoms with Gasteiger partial charge in [0.2, 0.25) is 0 Å². The third kappa shape index (κ3) is 3.16. The highest BCUT2D eigenvalue weighted by atomic mass is 16.5. The Hall–Kier alpha value is -3.47. The van der Waals surface area contributed by atoms with Gasteiger partial charge in [0.05, 0.1) is 18.5 Å². The first-order chi connectivity index (χ1) is 13.6. The Bertz CT molecular complexity index is 1030. The molecule has 0 saturated heterocycles. The average molecular weight is 374 g/mol. The van der Waals surface area contributed by atoms with Crippen LogP contribution >= 0.6 is 0 Å². The Morgan fingerprint density at radius 2 is 1.71 bits per heavy atom. The number of carbonyl (C=O) groups excluding carboxylic acids is 1. The number of hydrogen-bond donors (Lipinski definition) is 0. The van der Waals surface area contributed by atoms with E-state index >= 15 is 0 Å². The molecular formula is C23H22N2O3. The zero-order valence-corrected chi connectivity index (χ0v) is 16.2. The average Bonchev–Trinajstić information content (AvgIpc) is 2.73. The normalized spacial score (nSPS) is 11.7. The summed E-state index contributed by atoms with van der Waals surface area (Å²) in [7, 11) is 5.10. The fourth-order valence-electron chi connectivity index (χ4n) is 3.39. The van der Waals surface area contributed by atoms with Crippen LogP contribution in [0.15, 0.2) is 66.7 Å². The largest absolute Gasteiger partial charge is 0.497 e. The van der Waals surface area contributed by atoms with Gasteiger partial charge in [0.1, 0.15) is 18.1 Å². The van der Waals surface area contributed by atoms with E-state index in [1.165, 1.54) is 0 Å². The van der Waals surface area contributed by atoms with Gasteiger partial charge in [0.15, 0.2) is 0 Å². The van der Waals surface area contributed by atoms with Gasteiger partial charge >= 0.3 is 6.03 Å². The number of anilines is 2. The summed E-state index contributed by atoms with van der Waals surface area (Å²) >= 11 is 0. The predicted octanol–water partition coefficient (Wildman–Crippen LogP) is 5.07. The maximum atomic E-state index is 13.0. The third-order valence-electron chi connectivity index (χ3n) is 4.79. The standard InChI is InChI=1S/C23H22N2O3/c1-24(2)23(26)25(17-7-6-8-19(14-17)27-3)18-11-12-20-16(13-18)15-28-22-10-5-4-9-21(20)22/h4-14H,15H2,1-3H3. The fourth-order valence-corrected chi connectivity index (χ4v) is 3.39. The zero-order valence-electron chi connectivity index (χ0n) is 16.2. The lowest BCUT2D eigenvalue weighted by Gasteiger charge is -2.28. The van der Waals surface area contributed by atoms with E-state index in [2.05, 4.69) is 12.1 Å². The minimum atomic E-state index is -0.134. The summed E-state index contributed by atoms with van der Waals surface area (Å²) in [6.07, 6.45) is 0. The first-order valence-electron chi connectivity index (χ1n) is 9.09. The molecule has 3 aromatic rings. The number of nitrogens with zero attached hydrogens (tertiary/aromatic N) is 2. The van der Waals surface area contributed by atoms with Crippen molar-refractivity contribution in [3.05, 3.63) is 72.3 Å². The van der Waals surface area contributed by atoms with Gasteiger partial charge < -0.3 is 14.4 Å². The van der Waals surface area contributed by atoms with Crippen molar-refractivity contribution in [2.24, 2.45) is 0 Å². The number of hydrogen-bond acceptors (Lipinski definition) is 3. The van der Waals surface area contributed by atoms with E-state index in [-0.39, 0.29) is 6.03 Å². The molecule has 0 aliphatic carbocycles. The van der Waals surface area contributed by atoms with Crippen molar-refractivity contribution in [1.82, 2.24) is 4.90 Å². The van der Waals surface area contributed by atoms with E-state index in [4.69, 9.17) is 9.47 Å². The maximum absolute atomic E-state index is 13.0. The Kier molecular flexibility index (Phi) is 4.65. The molecule has 1 aliphatic rings. The molecule has 0 spiro atoms. The van der Waals surface area contributed by atoms with Crippen LogP contribution in [0.25, 0.3) is 11.1 Å². The topological polar surface area (TPSA) is 42.0 Å². The lowest BCUT2D eigenvalue weighted by Crippen LogP contribution is -2.36. The number of amides is 2. The smallest absolute Gasteiger partial charge is 0.328 e. The number of urea groups is 1. The number of rotatable bonds is 3. The second kappa shape index (κ2) is 7.27. The van der Waals surface area contributed by atoms with Gasteiger partial charge in [-0.1, -0.05) is 30.3 Å². The SMILES string of the molecule is COc1cccc(N(C(=O)N(C)C)c2ccc3c(c2)COc2ccccc2-3)c1. The molecule has 0 radical (unpaired) electrons. The summed E-state index contributed by atoms with van der Waals surface area (Å²) < 4.78 is 11.2. The molecule has 28 heavy (non-hydrogen) atoms. The highest BCUT2D eigenvalue weighted by Gasteiger charge is 2.23. The quantitative estimate of drug-likeness (QED) is 0.642. The summed E-state index contributed by atoms with van der Waals surface area (Å²) in [5, 5.41) is 0. The molecule has 0 atom stereocenters. The zero-order chi connectivity index (χ0) is 19.7. The van der Waals surface area contributed by atoms with E-state index < -0.39 is 0 Å². The van der Waals surface area contributed by atoms with E-state index in [9.17, 15) is 4.79 Å². The first kappa shape index (κ1) is 17.9. The lowest BCUT2D eigenvalue weighted by atomic mass is 9.96. The van der Waals surface area contributed by atoms with Crippen LogP contribution in [0.2, 0.25) is 0 Å². The molecule has 3 aromatic carbocycles. The number of carbonyl (C=O) groups is 1. The molecule has 1 heterocycles. The van der Waals surface area contributed by atoms with Gasteiger partial charge in [0.25, 0.3) is 0 Å². The molecule has 0 fully saturated rings. The molecule has 0 aromatic heterocycles. The van der Waals surface area contributed by atoms with E-state index in [0.29, 0.717) is 12.4 Å². The van der Waals surface area contributed by atoms with Crippen LogP contribution in [-0.2, 0) is 6.61 Å². The molecule has 142 valence electrons. The molecule has 2 amide bonds. The van der Waals surface area contributed by atoms with Crippen LogP contribution in [0.3, 0.4) is 0 Å². The van der Waals surface area contributed by atoms with E-state index in [0.717, 1.165) is 33.8 Å². The van der Waals surface area contributed by atoms with Crippen molar-refractivity contribution >= 4 is 17.4 Å². The Morgan fingerprint density at radius 1 is 0.929 bits per heavy atom. The molecule has 0 saturated carbocycles. The summed E-state index contributed by atoms with van der Waals surface area (Å²) in [6.45, 7) is 0.474. The summed E-state index contributed by atoms with van der Waals surface area (Å²) in [4.78, 5) is 16.2. The van der Waals surface area contributed by atoms with Crippen molar-refractivity contribution in [3.8, 4) is 22.6 Å². The van der Waals surface area contributed by atoms with Crippen LogP contribution in [0, 0.1) is 0 Å². The van der Waals surface area contributed by atoms with Crippen LogP contribution < -0.4 is 14.4 Å². The predicted molar refractivity (Wildman–Crippen MR) is 110 cm³/mol. The number of fused-ring (bicyclic) bond motifs is 3. The van der Waals surface area contributed by atoms with Crippen LogP contribution in [-0.4, -0.2) is 32.1 Å². The van der Waals surface area contributed by atoms with Crippen molar-refractivity contribution in [2.75, 3.05) is 26.1 Å². The van der Waals surface area contributed by atoms with Gasteiger partial charge in [-0.2, -0.15) is 0 Å². The van der Waals surface area contributed by atoms with Gasteiger partial charge in [0, 0.05) is 25.7 Å². The van der Waals surface area contributed by atoms with Crippen molar-refractivity contribution < 1.29 is 14.3 Å². The first-order valence-corrected chi connectivity index (χ1v) is 9.09. The molecule has 0 N–H and O–H groups in total. The molecular weight excluding hydrogens is 352 g/mol. The minimum absolute atomic E-state index is 0.134. The van der Waals surface area contributed by atoms with Crippen molar-refractivity contribution in [2.45, 2.75) is 6.61 Å². The summed E-state index contributed by atoms with van der Waals surface area (Å²) in [5.74, 6) is 1.58. The molecule has 0 unspecified atom stereocenters. The molecule has 1 aliphatic heterocycles. The molecule has 0 bridgehead atoms. The third-order valence-corrected chi connectivity index (χ3v) is 4.79. The van der Waals surface area contributed by atoms with Gasteiger partial charge in [-0.25, -0.2) is 4.79 Å². The van der Waals surface area contributed by atoms with E-state index in [1.807, 2.05) is 54.6 Å². The number of ether oxygens (including phenoxy) is 2. The summed E-state index contributed by atoms with van der Waals surface area (Å²) in [5.41, 5.74) is 4.79. The summed E-state index contributed by atoms with van der Waals surface area (Å²) in [6, 6.07) is 21.4. The van der Waals surface area contributed by atoms with Crippen LogP contribution in [0.5, 0.6) is 11.5 Å². The number of methoxy groups -OCH3 is 1. The highest BCUT2D eigenvalue weighted by Crippen LogP contribution is 2.40. The Morgan fingerprint density at radius 3 is 2.50 bits per heavy atom. The second-order valence-corrected chi connectivity index (χ2v) is 6.84. The lowest BCUT2D eigenvalue weighted by molar-refractivity contribution is 0.226. The second-order valence-electron chi connectivity index (χ2n) is 6.84. The molecule has 5 heteroatoms. The van der Waals surface area contributed by atoms with Crippen molar-refractivity contribution in [3.63, 3.8) is 0 Å². The highest BCUT2D eigenvalue weighted by molar-refractivity contribution is 6.00. The van der Waals surface area contributed by atoms with Gasteiger partial charge in [-0.15, -0.1) is 0 Å². The minimum Gasteiger partial charge on any atom is -0.497 e. The number of benzene rings is 3. The van der Waals surface area contributed by atoms with Gasteiger partial charge in [-0.05, 0) is 41.5 Å². The Balaban J connectivity index is 1.81. The number of para-hydroxylation sites is 1. The maximum Gasteiger partial charge on any atom is 0.328 e. The monoisotopic (exact) mass is 374 g/mol. The van der Waals surface area contributed by atoms with E-state index in [1.54, 1.807) is 31.0 Å². The fraction of sp³-hybridized carbons (Fsp3) is 0.174.